The van der Waals surface area contributed by atoms with Gasteiger partial charge in [-0.05, 0) is 38.7 Å². The van der Waals surface area contributed by atoms with Crippen LogP contribution in [-0.2, 0) is 6.54 Å². The van der Waals surface area contributed by atoms with Gasteiger partial charge in [-0.3, -0.25) is 4.90 Å². The Kier molecular flexibility index (Phi) is 3.97. The van der Waals surface area contributed by atoms with Gasteiger partial charge in [0.1, 0.15) is 5.82 Å². The van der Waals surface area contributed by atoms with Gasteiger partial charge in [0.05, 0.1) is 0 Å². The van der Waals surface area contributed by atoms with Crippen LogP contribution in [0.1, 0.15) is 12.0 Å². The summed E-state index contributed by atoms with van der Waals surface area (Å²) in [7, 11) is 2.13. The SMILES string of the molecule is CN1CCCN(Cc2c(N)cccc2F)CC1. The number of hydrogen-bond acceptors (Lipinski definition) is 3. The Balaban J connectivity index is 2.05. The molecule has 0 spiro atoms. The van der Waals surface area contributed by atoms with Crippen molar-refractivity contribution in [3.63, 3.8) is 0 Å². The molecule has 0 saturated carbocycles. The van der Waals surface area contributed by atoms with E-state index < -0.39 is 0 Å². The van der Waals surface area contributed by atoms with Crippen molar-refractivity contribution in [2.75, 3.05) is 39.0 Å². The number of hydrogen-bond donors (Lipinski definition) is 1. The van der Waals surface area contributed by atoms with Gasteiger partial charge in [-0.2, -0.15) is 0 Å². The number of likely N-dealkylation sites (N-methyl/N-ethyl adjacent to an activating group) is 1. The van der Waals surface area contributed by atoms with Crippen molar-refractivity contribution in [2.45, 2.75) is 13.0 Å². The first-order valence-electron chi connectivity index (χ1n) is 6.10. The molecule has 0 unspecified atom stereocenters. The van der Waals surface area contributed by atoms with Crippen molar-refractivity contribution in [1.29, 1.82) is 0 Å². The summed E-state index contributed by atoms with van der Waals surface area (Å²) in [4.78, 5) is 4.59. The first kappa shape index (κ1) is 12.3. The highest BCUT2D eigenvalue weighted by atomic mass is 19.1. The molecule has 0 atom stereocenters. The van der Waals surface area contributed by atoms with Crippen LogP contribution in [0, 0.1) is 5.82 Å². The van der Waals surface area contributed by atoms with Gasteiger partial charge in [0, 0.05) is 30.9 Å². The Hall–Kier alpha value is -1.13. The maximum absolute atomic E-state index is 13.7. The Morgan fingerprint density at radius 1 is 1.24 bits per heavy atom. The third-order valence-electron chi connectivity index (χ3n) is 3.35. The molecule has 0 radical (unpaired) electrons. The quantitative estimate of drug-likeness (QED) is 0.792. The van der Waals surface area contributed by atoms with E-state index >= 15 is 0 Å². The van der Waals surface area contributed by atoms with Gasteiger partial charge in [-0.1, -0.05) is 6.07 Å². The molecule has 2 rings (SSSR count). The van der Waals surface area contributed by atoms with E-state index in [0.717, 1.165) is 32.6 Å². The van der Waals surface area contributed by atoms with E-state index in [1.807, 2.05) is 0 Å². The molecule has 0 amide bonds. The number of rotatable bonds is 2. The summed E-state index contributed by atoms with van der Waals surface area (Å²) in [5.74, 6) is -0.192. The highest BCUT2D eigenvalue weighted by molar-refractivity contribution is 5.47. The minimum Gasteiger partial charge on any atom is -0.398 e. The topological polar surface area (TPSA) is 32.5 Å². The molecule has 1 aromatic rings. The third-order valence-corrected chi connectivity index (χ3v) is 3.35. The fourth-order valence-electron chi connectivity index (χ4n) is 2.22. The van der Waals surface area contributed by atoms with E-state index in [-0.39, 0.29) is 5.82 Å². The van der Waals surface area contributed by atoms with Crippen molar-refractivity contribution in [3.8, 4) is 0 Å². The van der Waals surface area contributed by atoms with E-state index in [0.29, 0.717) is 17.8 Å². The zero-order valence-electron chi connectivity index (χ0n) is 10.3. The van der Waals surface area contributed by atoms with Crippen molar-refractivity contribution in [2.24, 2.45) is 0 Å². The molecule has 1 aliphatic heterocycles. The predicted molar refractivity (Wildman–Crippen MR) is 68.2 cm³/mol. The van der Waals surface area contributed by atoms with Crippen molar-refractivity contribution < 1.29 is 4.39 Å². The van der Waals surface area contributed by atoms with E-state index in [4.69, 9.17) is 5.73 Å². The summed E-state index contributed by atoms with van der Waals surface area (Å²) in [5, 5.41) is 0. The second-order valence-corrected chi connectivity index (χ2v) is 4.74. The summed E-state index contributed by atoms with van der Waals surface area (Å²) in [6.45, 7) is 4.76. The summed E-state index contributed by atoms with van der Waals surface area (Å²) in [6, 6.07) is 4.91. The fourth-order valence-corrected chi connectivity index (χ4v) is 2.22. The van der Waals surface area contributed by atoms with Crippen LogP contribution in [0.15, 0.2) is 18.2 Å². The summed E-state index contributed by atoms with van der Waals surface area (Å²) < 4.78 is 13.7. The van der Waals surface area contributed by atoms with Crippen LogP contribution in [0.25, 0.3) is 0 Å². The molecule has 1 aliphatic rings. The molecule has 1 fully saturated rings. The Morgan fingerprint density at radius 3 is 2.82 bits per heavy atom. The van der Waals surface area contributed by atoms with Gasteiger partial charge in [0.2, 0.25) is 0 Å². The number of nitrogens with zero attached hydrogens (tertiary/aromatic N) is 2. The lowest BCUT2D eigenvalue weighted by atomic mass is 10.1. The fraction of sp³-hybridized carbons (Fsp3) is 0.538. The minimum absolute atomic E-state index is 0.192. The zero-order valence-corrected chi connectivity index (χ0v) is 10.3. The Labute approximate surface area is 102 Å². The number of benzene rings is 1. The molecule has 17 heavy (non-hydrogen) atoms. The van der Waals surface area contributed by atoms with E-state index in [9.17, 15) is 4.39 Å². The van der Waals surface area contributed by atoms with Crippen molar-refractivity contribution in [3.05, 3.63) is 29.6 Å². The highest BCUT2D eigenvalue weighted by Crippen LogP contribution is 2.18. The van der Waals surface area contributed by atoms with Crippen LogP contribution in [0.5, 0.6) is 0 Å². The standard InChI is InChI=1S/C13H20FN3/c1-16-6-3-7-17(9-8-16)10-11-12(14)4-2-5-13(11)15/h2,4-5H,3,6-10,15H2,1H3. The largest absolute Gasteiger partial charge is 0.398 e. The van der Waals surface area contributed by atoms with Crippen LogP contribution in [0.4, 0.5) is 10.1 Å². The van der Waals surface area contributed by atoms with Gasteiger partial charge in [0.25, 0.3) is 0 Å². The average molecular weight is 237 g/mol. The first-order valence-corrected chi connectivity index (χ1v) is 6.10. The molecule has 1 heterocycles. The van der Waals surface area contributed by atoms with Gasteiger partial charge in [-0.25, -0.2) is 4.39 Å². The molecule has 4 heteroatoms. The molecular weight excluding hydrogens is 217 g/mol. The number of nitrogen functional groups attached to an aromatic ring is 1. The monoisotopic (exact) mass is 237 g/mol. The number of nitrogens with two attached hydrogens (primary N) is 1. The summed E-state index contributed by atoms with van der Waals surface area (Å²) >= 11 is 0. The van der Waals surface area contributed by atoms with Crippen LogP contribution in [-0.4, -0.2) is 43.0 Å². The lowest BCUT2D eigenvalue weighted by Gasteiger charge is -2.21. The van der Waals surface area contributed by atoms with E-state index in [1.165, 1.54) is 6.07 Å². The maximum Gasteiger partial charge on any atom is 0.129 e. The predicted octanol–water partition coefficient (Wildman–Crippen LogP) is 1.55. The first-order chi connectivity index (χ1) is 8.16. The highest BCUT2D eigenvalue weighted by Gasteiger charge is 2.15. The molecule has 2 N–H and O–H groups in total. The molecule has 94 valence electrons. The van der Waals surface area contributed by atoms with Gasteiger partial charge in [-0.15, -0.1) is 0 Å². The van der Waals surface area contributed by atoms with E-state index in [1.54, 1.807) is 12.1 Å². The van der Waals surface area contributed by atoms with Gasteiger partial charge < -0.3 is 10.6 Å². The lowest BCUT2D eigenvalue weighted by Crippen LogP contribution is -2.29. The Bertz CT molecular complexity index is 361. The minimum atomic E-state index is -0.192. The summed E-state index contributed by atoms with van der Waals surface area (Å²) in [6.07, 6.45) is 1.13. The molecule has 0 bridgehead atoms. The van der Waals surface area contributed by atoms with Crippen LogP contribution >= 0.6 is 0 Å². The van der Waals surface area contributed by atoms with Gasteiger partial charge >= 0.3 is 0 Å². The maximum atomic E-state index is 13.7. The van der Waals surface area contributed by atoms with Crippen molar-refractivity contribution in [1.82, 2.24) is 9.80 Å². The molecule has 1 saturated heterocycles. The van der Waals surface area contributed by atoms with Gasteiger partial charge in [0.15, 0.2) is 0 Å². The molecule has 0 aliphatic carbocycles. The molecule has 3 nitrogen and oxygen atoms in total. The van der Waals surface area contributed by atoms with E-state index in [2.05, 4.69) is 16.8 Å². The molecular formula is C13H20FN3. The second-order valence-electron chi connectivity index (χ2n) is 4.74. The van der Waals surface area contributed by atoms with Crippen molar-refractivity contribution >= 4 is 5.69 Å². The zero-order chi connectivity index (χ0) is 12.3. The number of anilines is 1. The average Bonchev–Trinajstić information content (AvgIpc) is 2.49. The molecule has 0 aromatic heterocycles. The lowest BCUT2D eigenvalue weighted by molar-refractivity contribution is 0.266. The third kappa shape index (κ3) is 3.17. The van der Waals surface area contributed by atoms with Crippen LogP contribution in [0.3, 0.4) is 0 Å². The Morgan fingerprint density at radius 2 is 2.06 bits per heavy atom. The van der Waals surface area contributed by atoms with Crippen LogP contribution < -0.4 is 5.73 Å². The smallest absolute Gasteiger partial charge is 0.129 e. The van der Waals surface area contributed by atoms with Crippen LogP contribution in [0.2, 0.25) is 0 Å². The summed E-state index contributed by atoms with van der Waals surface area (Å²) in [5.41, 5.74) is 7.02. The second kappa shape index (κ2) is 5.47. The molecule has 1 aromatic carbocycles. The number of halogens is 1. The normalized spacial score (nSPS) is 19.2.